The van der Waals surface area contributed by atoms with Gasteiger partial charge in [-0.2, -0.15) is 4.98 Å². The summed E-state index contributed by atoms with van der Waals surface area (Å²) in [6, 6.07) is 35.9. The fourth-order valence-electron chi connectivity index (χ4n) is 3.39. The molecule has 0 unspecified atom stereocenters. The van der Waals surface area contributed by atoms with Crippen molar-refractivity contribution in [2.75, 3.05) is 10.6 Å². The average molecular weight is 455 g/mol. The second kappa shape index (κ2) is 10.5. The number of fused-ring (bicyclic) bond motifs is 1. The predicted molar refractivity (Wildman–Crippen MR) is 137 cm³/mol. The van der Waals surface area contributed by atoms with Crippen LogP contribution >= 0.6 is 12.4 Å². The summed E-state index contributed by atoms with van der Waals surface area (Å²) in [6.07, 6.45) is 0. The Hall–Kier alpha value is -4.09. The molecule has 1 heterocycles. The summed E-state index contributed by atoms with van der Waals surface area (Å²) in [7, 11) is 0. The van der Waals surface area contributed by atoms with Gasteiger partial charge < -0.3 is 15.4 Å². The van der Waals surface area contributed by atoms with Gasteiger partial charge in [0, 0.05) is 16.8 Å². The second-order valence-electron chi connectivity index (χ2n) is 7.33. The van der Waals surface area contributed by atoms with Crippen LogP contribution in [-0.2, 0) is 6.61 Å². The summed E-state index contributed by atoms with van der Waals surface area (Å²) in [5.41, 5.74) is 3.86. The quantitative estimate of drug-likeness (QED) is 0.274. The minimum absolute atomic E-state index is 0. The van der Waals surface area contributed by atoms with E-state index in [-0.39, 0.29) is 12.4 Å². The number of hydrogen-bond acceptors (Lipinski definition) is 5. The van der Waals surface area contributed by atoms with Gasteiger partial charge in [0.2, 0.25) is 5.95 Å². The molecule has 0 amide bonds. The lowest BCUT2D eigenvalue weighted by molar-refractivity contribution is 0.306. The minimum Gasteiger partial charge on any atom is -0.489 e. The van der Waals surface area contributed by atoms with E-state index in [1.807, 2.05) is 109 Å². The molecule has 4 aromatic carbocycles. The van der Waals surface area contributed by atoms with E-state index >= 15 is 0 Å². The fraction of sp³-hybridized carbons (Fsp3) is 0.0370. The summed E-state index contributed by atoms with van der Waals surface area (Å²) in [5.74, 6) is 2.09. The van der Waals surface area contributed by atoms with Crippen molar-refractivity contribution in [3.63, 3.8) is 0 Å². The number of para-hydroxylation sites is 2. The Morgan fingerprint density at radius 3 is 2.00 bits per heavy atom. The SMILES string of the molecule is Cl.c1ccc(COc2ccc(Nc3nc(Nc4ccccc4)c4ccccc4n3)cc2)cc1. The van der Waals surface area contributed by atoms with Crippen molar-refractivity contribution in [3.8, 4) is 5.75 Å². The highest BCUT2D eigenvalue weighted by Gasteiger charge is 2.08. The molecule has 164 valence electrons. The number of aromatic nitrogens is 2. The number of rotatable bonds is 7. The summed E-state index contributed by atoms with van der Waals surface area (Å²) < 4.78 is 5.87. The molecule has 0 aliphatic rings. The number of anilines is 4. The van der Waals surface area contributed by atoms with Crippen molar-refractivity contribution in [1.29, 1.82) is 0 Å². The molecule has 0 saturated heterocycles. The molecular weight excluding hydrogens is 432 g/mol. The zero-order chi connectivity index (χ0) is 21.6. The molecular formula is C27H23ClN4O. The van der Waals surface area contributed by atoms with Crippen molar-refractivity contribution in [1.82, 2.24) is 9.97 Å². The van der Waals surface area contributed by atoms with Gasteiger partial charge in [-0.15, -0.1) is 12.4 Å². The summed E-state index contributed by atoms with van der Waals surface area (Å²) in [5, 5.41) is 7.67. The third-order valence-corrected chi connectivity index (χ3v) is 5.00. The molecule has 0 saturated carbocycles. The summed E-state index contributed by atoms with van der Waals surface area (Å²) in [4.78, 5) is 9.40. The Morgan fingerprint density at radius 2 is 1.24 bits per heavy atom. The molecule has 0 aliphatic carbocycles. The van der Waals surface area contributed by atoms with Crippen LogP contribution in [0.1, 0.15) is 5.56 Å². The molecule has 1 aromatic heterocycles. The zero-order valence-electron chi connectivity index (χ0n) is 17.8. The van der Waals surface area contributed by atoms with Crippen molar-refractivity contribution in [2.24, 2.45) is 0 Å². The lowest BCUT2D eigenvalue weighted by atomic mass is 10.2. The molecule has 0 fully saturated rings. The molecule has 6 heteroatoms. The van der Waals surface area contributed by atoms with Crippen molar-refractivity contribution >= 4 is 46.5 Å². The Labute approximate surface area is 198 Å². The van der Waals surface area contributed by atoms with Crippen LogP contribution in [0.15, 0.2) is 109 Å². The first-order valence-electron chi connectivity index (χ1n) is 10.5. The van der Waals surface area contributed by atoms with Gasteiger partial charge >= 0.3 is 0 Å². The fourth-order valence-corrected chi connectivity index (χ4v) is 3.39. The standard InChI is InChI=1S/C27H22N4O.ClH/c1-3-9-20(10-4-1)19-32-23-17-15-22(16-18-23)29-27-30-25-14-8-7-13-24(25)26(31-27)28-21-11-5-2-6-12-21;/h1-18H,19H2,(H2,28,29,30,31);1H. The van der Waals surface area contributed by atoms with E-state index in [2.05, 4.69) is 15.6 Å². The van der Waals surface area contributed by atoms with Crippen LogP contribution in [-0.4, -0.2) is 9.97 Å². The van der Waals surface area contributed by atoms with Gasteiger partial charge in [0.1, 0.15) is 18.2 Å². The average Bonchev–Trinajstić information content (AvgIpc) is 2.85. The van der Waals surface area contributed by atoms with E-state index in [0.717, 1.165) is 39.4 Å². The van der Waals surface area contributed by atoms with Crippen molar-refractivity contribution in [3.05, 3.63) is 115 Å². The number of halogens is 1. The van der Waals surface area contributed by atoms with Crippen LogP contribution in [0.2, 0.25) is 0 Å². The number of nitrogens with zero attached hydrogens (tertiary/aromatic N) is 2. The first-order chi connectivity index (χ1) is 15.8. The molecule has 0 bridgehead atoms. The molecule has 0 aliphatic heterocycles. The van der Waals surface area contributed by atoms with Gasteiger partial charge in [-0.05, 0) is 54.1 Å². The lowest BCUT2D eigenvalue weighted by Gasteiger charge is -2.12. The molecule has 2 N–H and O–H groups in total. The zero-order valence-corrected chi connectivity index (χ0v) is 18.6. The van der Waals surface area contributed by atoms with Crippen LogP contribution in [0, 0.1) is 0 Å². The van der Waals surface area contributed by atoms with Crippen molar-refractivity contribution in [2.45, 2.75) is 6.61 Å². The third kappa shape index (κ3) is 5.59. The lowest BCUT2D eigenvalue weighted by Crippen LogP contribution is -2.02. The molecule has 0 radical (unpaired) electrons. The molecule has 0 spiro atoms. The Morgan fingerprint density at radius 1 is 0.606 bits per heavy atom. The Balaban J connectivity index is 0.00000259. The monoisotopic (exact) mass is 454 g/mol. The van der Waals surface area contributed by atoms with Gasteiger partial charge in [-0.25, -0.2) is 4.98 Å². The van der Waals surface area contributed by atoms with E-state index in [9.17, 15) is 0 Å². The third-order valence-electron chi connectivity index (χ3n) is 5.00. The Bertz CT molecular complexity index is 1310. The smallest absolute Gasteiger partial charge is 0.229 e. The largest absolute Gasteiger partial charge is 0.489 e. The minimum atomic E-state index is 0. The number of benzene rings is 4. The molecule has 0 atom stereocenters. The van der Waals surface area contributed by atoms with Crippen LogP contribution < -0.4 is 15.4 Å². The van der Waals surface area contributed by atoms with Crippen LogP contribution in [0.25, 0.3) is 10.9 Å². The van der Waals surface area contributed by atoms with E-state index in [0.29, 0.717) is 12.6 Å². The van der Waals surface area contributed by atoms with Gasteiger partial charge in [-0.1, -0.05) is 60.7 Å². The normalized spacial score (nSPS) is 10.3. The van der Waals surface area contributed by atoms with Gasteiger partial charge in [0.25, 0.3) is 0 Å². The highest BCUT2D eigenvalue weighted by Crippen LogP contribution is 2.27. The first-order valence-corrected chi connectivity index (χ1v) is 10.5. The first kappa shape index (κ1) is 22.1. The van der Waals surface area contributed by atoms with Crippen LogP contribution in [0.5, 0.6) is 5.75 Å². The van der Waals surface area contributed by atoms with Gasteiger partial charge in [-0.3, -0.25) is 0 Å². The van der Waals surface area contributed by atoms with E-state index in [4.69, 9.17) is 9.72 Å². The van der Waals surface area contributed by atoms with E-state index in [1.165, 1.54) is 0 Å². The number of nitrogens with one attached hydrogen (secondary N) is 2. The highest BCUT2D eigenvalue weighted by molar-refractivity contribution is 5.92. The molecule has 5 nitrogen and oxygen atoms in total. The van der Waals surface area contributed by atoms with Crippen LogP contribution in [0.4, 0.5) is 23.1 Å². The summed E-state index contributed by atoms with van der Waals surface area (Å²) >= 11 is 0. The topological polar surface area (TPSA) is 59.1 Å². The van der Waals surface area contributed by atoms with Gasteiger partial charge in [0.15, 0.2) is 0 Å². The predicted octanol–water partition coefficient (Wildman–Crippen LogP) is 7.12. The van der Waals surface area contributed by atoms with E-state index < -0.39 is 0 Å². The highest BCUT2D eigenvalue weighted by atomic mass is 35.5. The molecule has 5 aromatic rings. The summed E-state index contributed by atoms with van der Waals surface area (Å²) in [6.45, 7) is 0.538. The maximum atomic E-state index is 5.87. The molecule has 33 heavy (non-hydrogen) atoms. The maximum Gasteiger partial charge on any atom is 0.229 e. The van der Waals surface area contributed by atoms with Gasteiger partial charge in [0.05, 0.1) is 5.52 Å². The maximum absolute atomic E-state index is 5.87. The Kier molecular flexibility index (Phi) is 7.03. The second-order valence-corrected chi connectivity index (χ2v) is 7.33. The van der Waals surface area contributed by atoms with Crippen molar-refractivity contribution < 1.29 is 4.74 Å². The number of hydrogen-bond donors (Lipinski definition) is 2. The molecule has 5 rings (SSSR count). The number of ether oxygens (including phenoxy) is 1. The van der Waals surface area contributed by atoms with E-state index in [1.54, 1.807) is 0 Å². The van der Waals surface area contributed by atoms with Crippen LogP contribution in [0.3, 0.4) is 0 Å².